The number of aldehydes is 1. The van der Waals surface area contributed by atoms with Crippen molar-refractivity contribution in [2.24, 2.45) is 0 Å². The van der Waals surface area contributed by atoms with Crippen LogP contribution in [0.2, 0.25) is 0 Å². The molecule has 0 aliphatic carbocycles. The minimum Gasteiger partial charge on any atom is -0.496 e. The molecule has 1 aromatic rings. The number of rotatable bonds is 4. The zero-order valence-electron chi connectivity index (χ0n) is 10.7. The molecule has 0 atom stereocenters. The molecule has 2 nitrogen and oxygen atoms in total. The number of carbonyl (C=O) groups is 1. The Morgan fingerprint density at radius 2 is 1.50 bits per heavy atom. The van der Waals surface area contributed by atoms with E-state index in [1.807, 2.05) is 12.1 Å². The van der Waals surface area contributed by atoms with E-state index in [1.54, 1.807) is 7.11 Å². The van der Waals surface area contributed by atoms with E-state index in [2.05, 4.69) is 27.7 Å². The van der Waals surface area contributed by atoms with Gasteiger partial charge in [0, 0.05) is 5.56 Å². The smallest absolute Gasteiger partial charge is 0.150 e. The number of ether oxygens (including phenoxy) is 1. The van der Waals surface area contributed by atoms with Gasteiger partial charge in [0.25, 0.3) is 0 Å². The summed E-state index contributed by atoms with van der Waals surface area (Å²) in [6.07, 6.45) is 0.900. The summed E-state index contributed by atoms with van der Waals surface area (Å²) in [7, 11) is 1.69. The van der Waals surface area contributed by atoms with Crippen molar-refractivity contribution in [1.82, 2.24) is 0 Å². The van der Waals surface area contributed by atoms with Gasteiger partial charge in [0.2, 0.25) is 0 Å². The average Bonchev–Trinajstić information content (AvgIpc) is 2.26. The van der Waals surface area contributed by atoms with E-state index in [0.717, 1.165) is 28.7 Å². The number of hydrogen-bond acceptors (Lipinski definition) is 2. The third-order valence-corrected chi connectivity index (χ3v) is 2.75. The van der Waals surface area contributed by atoms with Crippen molar-refractivity contribution in [3.05, 3.63) is 28.8 Å². The molecule has 0 aromatic heterocycles. The molecule has 0 radical (unpaired) electrons. The molecule has 0 aliphatic heterocycles. The van der Waals surface area contributed by atoms with Crippen LogP contribution in [0.25, 0.3) is 0 Å². The van der Waals surface area contributed by atoms with Gasteiger partial charge < -0.3 is 4.74 Å². The lowest BCUT2D eigenvalue weighted by Gasteiger charge is -2.19. The number of methoxy groups -OCH3 is 1. The normalized spacial score (nSPS) is 10.9. The van der Waals surface area contributed by atoms with Gasteiger partial charge in [-0.25, -0.2) is 0 Å². The molecule has 0 unspecified atom stereocenters. The standard InChI is InChI=1S/C14H20O2/c1-9(2)12-6-11(8-15)7-13(10(3)4)14(12)16-5/h6-10H,1-5H3. The second-order valence-electron chi connectivity index (χ2n) is 4.66. The molecule has 16 heavy (non-hydrogen) atoms. The summed E-state index contributed by atoms with van der Waals surface area (Å²) < 4.78 is 5.48. The van der Waals surface area contributed by atoms with Crippen LogP contribution in [-0.4, -0.2) is 13.4 Å². The average molecular weight is 220 g/mol. The third-order valence-electron chi connectivity index (χ3n) is 2.75. The summed E-state index contributed by atoms with van der Waals surface area (Å²) in [4.78, 5) is 10.9. The maximum atomic E-state index is 10.9. The fourth-order valence-electron chi connectivity index (χ4n) is 1.86. The molecule has 1 aromatic carbocycles. The highest BCUT2D eigenvalue weighted by atomic mass is 16.5. The fourth-order valence-corrected chi connectivity index (χ4v) is 1.86. The maximum absolute atomic E-state index is 10.9. The first-order chi connectivity index (χ1) is 7.51. The van der Waals surface area contributed by atoms with Gasteiger partial charge in [-0.15, -0.1) is 0 Å². The third kappa shape index (κ3) is 2.43. The van der Waals surface area contributed by atoms with Gasteiger partial charge in [0.1, 0.15) is 12.0 Å². The Morgan fingerprint density at radius 1 is 1.06 bits per heavy atom. The van der Waals surface area contributed by atoms with Crippen LogP contribution >= 0.6 is 0 Å². The zero-order valence-corrected chi connectivity index (χ0v) is 10.7. The first kappa shape index (κ1) is 12.8. The predicted octanol–water partition coefficient (Wildman–Crippen LogP) is 3.75. The number of hydrogen-bond donors (Lipinski definition) is 0. The molecule has 2 heteroatoms. The Kier molecular flexibility index (Phi) is 4.11. The first-order valence-electron chi connectivity index (χ1n) is 5.68. The molecule has 0 heterocycles. The molecule has 1 rings (SSSR count). The van der Waals surface area contributed by atoms with Crippen molar-refractivity contribution < 1.29 is 9.53 Å². The summed E-state index contributed by atoms with van der Waals surface area (Å²) in [6, 6.07) is 3.84. The van der Waals surface area contributed by atoms with E-state index in [-0.39, 0.29) is 0 Å². The Bertz CT molecular complexity index is 349. The molecule has 0 aliphatic rings. The van der Waals surface area contributed by atoms with Gasteiger partial charge in [-0.2, -0.15) is 0 Å². The van der Waals surface area contributed by atoms with Crippen LogP contribution in [0.1, 0.15) is 61.0 Å². The molecule has 0 saturated carbocycles. The van der Waals surface area contributed by atoms with E-state index in [0.29, 0.717) is 11.8 Å². The summed E-state index contributed by atoms with van der Waals surface area (Å²) in [5.74, 6) is 1.63. The van der Waals surface area contributed by atoms with Gasteiger partial charge >= 0.3 is 0 Å². The molecular formula is C14H20O2. The lowest BCUT2D eigenvalue weighted by atomic mass is 9.92. The highest BCUT2D eigenvalue weighted by Gasteiger charge is 2.16. The first-order valence-corrected chi connectivity index (χ1v) is 5.68. The zero-order chi connectivity index (χ0) is 12.3. The Balaban J connectivity index is 3.46. The molecule has 0 N–H and O–H groups in total. The van der Waals surface area contributed by atoms with Crippen LogP contribution in [0.4, 0.5) is 0 Å². The second-order valence-corrected chi connectivity index (χ2v) is 4.66. The van der Waals surface area contributed by atoms with Crippen LogP contribution in [0.3, 0.4) is 0 Å². The maximum Gasteiger partial charge on any atom is 0.150 e. The van der Waals surface area contributed by atoms with Crippen molar-refractivity contribution in [2.45, 2.75) is 39.5 Å². The largest absolute Gasteiger partial charge is 0.496 e. The minimum atomic E-state index is 0.354. The van der Waals surface area contributed by atoms with E-state index in [9.17, 15) is 4.79 Å². The van der Waals surface area contributed by atoms with Crippen LogP contribution in [0, 0.1) is 0 Å². The van der Waals surface area contributed by atoms with Gasteiger partial charge in [-0.05, 0) is 35.1 Å². The summed E-state index contributed by atoms with van der Waals surface area (Å²) in [5, 5.41) is 0. The SMILES string of the molecule is COc1c(C(C)C)cc(C=O)cc1C(C)C. The lowest BCUT2D eigenvalue weighted by molar-refractivity contribution is 0.112. The van der Waals surface area contributed by atoms with Crippen LogP contribution in [0.5, 0.6) is 5.75 Å². The van der Waals surface area contributed by atoms with E-state index in [1.165, 1.54) is 0 Å². The topological polar surface area (TPSA) is 26.3 Å². The van der Waals surface area contributed by atoms with E-state index in [4.69, 9.17) is 4.74 Å². The van der Waals surface area contributed by atoms with Crippen LogP contribution < -0.4 is 4.74 Å². The van der Waals surface area contributed by atoms with Crippen LogP contribution in [-0.2, 0) is 0 Å². The number of benzene rings is 1. The van der Waals surface area contributed by atoms with E-state index < -0.39 is 0 Å². The van der Waals surface area contributed by atoms with E-state index >= 15 is 0 Å². The summed E-state index contributed by atoms with van der Waals surface area (Å²) >= 11 is 0. The fraction of sp³-hybridized carbons (Fsp3) is 0.500. The van der Waals surface area contributed by atoms with Crippen molar-refractivity contribution in [3.8, 4) is 5.75 Å². The monoisotopic (exact) mass is 220 g/mol. The minimum absolute atomic E-state index is 0.354. The highest BCUT2D eigenvalue weighted by molar-refractivity contribution is 5.77. The highest BCUT2D eigenvalue weighted by Crippen LogP contribution is 2.35. The molecular weight excluding hydrogens is 200 g/mol. The van der Waals surface area contributed by atoms with Gasteiger partial charge in [-0.3, -0.25) is 4.79 Å². The quantitative estimate of drug-likeness (QED) is 0.722. The molecule has 88 valence electrons. The molecule has 0 saturated heterocycles. The number of carbonyl (C=O) groups excluding carboxylic acids is 1. The van der Waals surface area contributed by atoms with Crippen LogP contribution in [0.15, 0.2) is 12.1 Å². The summed E-state index contributed by atoms with van der Waals surface area (Å²) in [5.41, 5.74) is 2.94. The molecule has 0 fully saturated rings. The van der Waals surface area contributed by atoms with Gasteiger partial charge in [0.05, 0.1) is 7.11 Å². The van der Waals surface area contributed by atoms with Gasteiger partial charge in [-0.1, -0.05) is 27.7 Å². The molecule has 0 bridgehead atoms. The second kappa shape index (κ2) is 5.15. The Hall–Kier alpha value is -1.31. The predicted molar refractivity (Wildman–Crippen MR) is 66.6 cm³/mol. The van der Waals surface area contributed by atoms with Crippen molar-refractivity contribution in [3.63, 3.8) is 0 Å². The van der Waals surface area contributed by atoms with Gasteiger partial charge in [0.15, 0.2) is 0 Å². The Morgan fingerprint density at radius 3 is 1.75 bits per heavy atom. The Labute approximate surface area is 97.6 Å². The summed E-state index contributed by atoms with van der Waals surface area (Å²) in [6.45, 7) is 8.43. The molecule has 0 amide bonds. The molecule has 0 spiro atoms. The van der Waals surface area contributed by atoms with Crippen molar-refractivity contribution in [1.29, 1.82) is 0 Å². The van der Waals surface area contributed by atoms with Crippen molar-refractivity contribution in [2.75, 3.05) is 7.11 Å². The van der Waals surface area contributed by atoms with Crippen molar-refractivity contribution >= 4 is 6.29 Å². The lowest BCUT2D eigenvalue weighted by Crippen LogP contribution is -2.02.